The summed E-state index contributed by atoms with van der Waals surface area (Å²) in [6.45, 7) is 0. The largest absolute Gasteiger partial charge is 0.496 e. The van der Waals surface area contributed by atoms with Crippen LogP contribution in [0.15, 0.2) is 36.4 Å². The average molecular weight is 553 g/mol. The van der Waals surface area contributed by atoms with Crippen LogP contribution in [-0.4, -0.2) is 52.5 Å². The summed E-state index contributed by atoms with van der Waals surface area (Å²) >= 11 is 0. The van der Waals surface area contributed by atoms with E-state index in [9.17, 15) is 20.2 Å². The van der Waals surface area contributed by atoms with Crippen molar-refractivity contribution in [1.29, 1.82) is 0 Å². The van der Waals surface area contributed by atoms with Crippen LogP contribution < -0.4 is 28.4 Å². The van der Waals surface area contributed by atoms with E-state index < -0.39 is 21.2 Å². The first kappa shape index (κ1) is 29.3. The fourth-order valence-corrected chi connectivity index (χ4v) is 3.93. The Balaban J connectivity index is 2.20. The van der Waals surface area contributed by atoms with Crippen molar-refractivity contribution in [1.82, 2.24) is 0 Å². The molecule has 12 nitrogen and oxygen atoms in total. The fourth-order valence-electron chi connectivity index (χ4n) is 3.93. The maximum atomic E-state index is 11.9. The molecule has 3 aromatic carbocycles. The zero-order chi connectivity index (χ0) is 29.4. The van der Waals surface area contributed by atoms with Crippen LogP contribution in [-0.2, 0) is 0 Å². The first-order valence-electron chi connectivity index (χ1n) is 11.6. The summed E-state index contributed by atoms with van der Waals surface area (Å²) in [5, 5.41) is 23.8. The van der Waals surface area contributed by atoms with Crippen LogP contribution >= 0.6 is 0 Å². The molecule has 0 N–H and O–H groups in total. The number of methoxy groups -OCH3 is 6. The number of nitro benzene ring substituents is 2. The lowest BCUT2D eigenvalue weighted by molar-refractivity contribution is -0.394. The van der Waals surface area contributed by atoms with Crippen LogP contribution in [0, 0.1) is 20.2 Å². The number of hydrogen-bond acceptors (Lipinski definition) is 10. The highest BCUT2D eigenvalue weighted by Crippen LogP contribution is 2.39. The molecule has 0 aliphatic heterocycles. The Morgan fingerprint density at radius 1 is 0.500 bits per heavy atom. The van der Waals surface area contributed by atoms with E-state index in [0.29, 0.717) is 45.6 Å². The topological polar surface area (TPSA) is 142 Å². The van der Waals surface area contributed by atoms with Crippen molar-refractivity contribution in [2.24, 2.45) is 0 Å². The van der Waals surface area contributed by atoms with E-state index in [1.165, 1.54) is 60.9 Å². The quantitative estimate of drug-likeness (QED) is 0.151. The molecule has 0 bridgehead atoms. The monoisotopic (exact) mass is 552 g/mol. The second-order valence-electron chi connectivity index (χ2n) is 8.04. The molecule has 3 aromatic rings. The molecule has 210 valence electrons. The predicted molar refractivity (Wildman–Crippen MR) is 150 cm³/mol. The van der Waals surface area contributed by atoms with E-state index in [2.05, 4.69) is 0 Å². The summed E-state index contributed by atoms with van der Waals surface area (Å²) in [4.78, 5) is 22.4. The highest BCUT2D eigenvalue weighted by molar-refractivity contribution is 5.85. The number of nitro groups is 2. The molecule has 40 heavy (non-hydrogen) atoms. The van der Waals surface area contributed by atoms with E-state index in [1.54, 1.807) is 36.4 Å². The fraction of sp³-hybridized carbons (Fsp3) is 0.214. The van der Waals surface area contributed by atoms with Gasteiger partial charge in [0.15, 0.2) is 0 Å². The van der Waals surface area contributed by atoms with Crippen molar-refractivity contribution >= 4 is 35.7 Å². The maximum Gasteiger partial charge on any atom is 0.283 e. The number of benzene rings is 3. The number of ether oxygens (including phenoxy) is 6. The molecule has 0 amide bonds. The van der Waals surface area contributed by atoms with Crippen molar-refractivity contribution in [3.63, 3.8) is 0 Å². The van der Waals surface area contributed by atoms with Gasteiger partial charge in [0.1, 0.15) is 34.5 Å². The molecule has 0 saturated heterocycles. The minimum atomic E-state index is -0.682. The summed E-state index contributed by atoms with van der Waals surface area (Å²) < 4.78 is 32.3. The summed E-state index contributed by atoms with van der Waals surface area (Å²) in [5.74, 6) is 2.58. The van der Waals surface area contributed by atoms with Crippen LogP contribution in [0.25, 0.3) is 24.3 Å². The predicted octanol–water partition coefficient (Wildman–Crippen LogP) is 5.90. The minimum absolute atomic E-state index is 0.115. The zero-order valence-electron chi connectivity index (χ0n) is 22.8. The van der Waals surface area contributed by atoms with Gasteiger partial charge in [-0.05, 0) is 30.4 Å². The van der Waals surface area contributed by atoms with Crippen LogP contribution in [0.3, 0.4) is 0 Å². The van der Waals surface area contributed by atoms with Gasteiger partial charge in [-0.2, -0.15) is 0 Å². The molecule has 12 heteroatoms. The van der Waals surface area contributed by atoms with E-state index in [4.69, 9.17) is 28.4 Å². The molecule has 3 rings (SSSR count). The molecule has 0 radical (unpaired) electrons. The minimum Gasteiger partial charge on any atom is -0.496 e. The lowest BCUT2D eigenvalue weighted by atomic mass is 10.0. The molecule has 0 aliphatic rings. The summed E-state index contributed by atoms with van der Waals surface area (Å²) in [6.07, 6.45) is 6.05. The molecular weight excluding hydrogens is 524 g/mol. The number of rotatable bonds is 12. The van der Waals surface area contributed by atoms with Crippen molar-refractivity contribution in [3.8, 4) is 34.5 Å². The highest BCUT2D eigenvalue weighted by Gasteiger charge is 2.23. The summed E-state index contributed by atoms with van der Waals surface area (Å²) in [5.41, 5.74) is 0.302. The maximum absolute atomic E-state index is 11.9. The van der Waals surface area contributed by atoms with Gasteiger partial charge in [-0.25, -0.2) is 0 Å². The molecule has 0 fully saturated rings. The van der Waals surface area contributed by atoms with Crippen molar-refractivity contribution in [3.05, 3.63) is 78.9 Å². The second kappa shape index (κ2) is 13.0. The second-order valence-corrected chi connectivity index (χ2v) is 8.04. The molecule has 0 saturated carbocycles. The Bertz CT molecular complexity index is 1320. The third-order valence-corrected chi connectivity index (χ3v) is 5.93. The normalized spacial score (nSPS) is 10.9. The van der Waals surface area contributed by atoms with Crippen LogP contribution in [0.4, 0.5) is 11.4 Å². The molecule has 0 heterocycles. The van der Waals surface area contributed by atoms with Gasteiger partial charge in [0.25, 0.3) is 11.4 Å². The van der Waals surface area contributed by atoms with Crippen molar-refractivity contribution < 1.29 is 38.3 Å². The van der Waals surface area contributed by atoms with Crippen molar-refractivity contribution in [2.75, 3.05) is 42.7 Å². The van der Waals surface area contributed by atoms with E-state index in [0.717, 1.165) is 6.07 Å². The van der Waals surface area contributed by atoms with E-state index >= 15 is 0 Å². The number of nitrogens with zero attached hydrogens (tertiary/aromatic N) is 2. The standard InChI is InChI=1S/C28H28N2O10/c1-35-19-12-25(37-3)21(26(13-19)38-4)9-7-17-11-18(24(30(33)34)16-23(17)29(31)32)8-10-22-27(39-5)14-20(36-2)15-28(22)40-6/h7-16H,1-6H3/b9-7+,10-8+. The van der Waals surface area contributed by atoms with Crippen molar-refractivity contribution in [2.45, 2.75) is 0 Å². The molecule has 0 spiro atoms. The van der Waals surface area contributed by atoms with Gasteiger partial charge in [0.05, 0.1) is 80.8 Å². The average Bonchev–Trinajstić information content (AvgIpc) is 2.97. The molecule has 0 atom stereocenters. The smallest absolute Gasteiger partial charge is 0.283 e. The van der Waals surface area contributed by atoms with Gasteiger partial charge < -0.3 is 28.4 Å². The van der Waals surface area contributed by atoms with Gasteiger partial charge in [-0.1, -0.05) is 0 Å². The first-order chi connectivity index (χ1) is 19.2. The van der Waals surface area contributed by atoms with E-state index in [1.807, 2.05) is 0 Å². The number of hydrogen-bond donors (Lipinski definition) is 0. The van der Waals surface area contributed by atoms with Gasteiger partial charge in [0.2, 0.25) is 0 Å². The summed E-state index contributed by atoms with van der Waals surface area (Å²) in [7, 11) is 8.84. The van der Waals surface area contributed by atoms with Crippen LogP contribution in [0.5, 0.6) is 34.5 Å². The molecule has 0 aliphatic carbocycles. The Morgan fingerprint density at radius 2 is 0.825 bits per heavy atom. The van der Waals surface area contributed by atoms with Crippen LogP contribution in [0.1, 0.15) is 22.3 Å². The van der Waals surface area contributed by atoms with Gasteiger partial charge >= 0.3 is 0 Å². The lowest BCUT2D eigenvalue weighted by Crippen LogP contribution is -1.98. The molecular formula is C28H28N2O10. The Kier molecular flexibility index (Phi) is 9.52. The SMILES string of the molecule is COc1cc(OC)c(/C=C/c2cc(/C=C/c3c(OC)cc(OC)cc3OC)c([N+](=O)[O-])cc2[N+](=O)[O-])c(OC)c1. The Hall–Kier alpha value is -5.26. The molecule has 0 unspecified atom stereocenters. The van der Waals surface area contributed by atoms with Gasteiger partial charge in [0, 0.05) is 24.3 Å². The van der Waals surface area contributed by atoms with E-state index in [-0.39, 0.29) is 11.1 Å². The Labute approximate surface area is 230 Å². The van der Waals surface area contributed by atoms with Gasteiger partial charge in [-0.3, -0.25) is 20.2 Å². The molecule has 0 aromatic heterocycles. The van der Waals surface area contributed by atoms with Gasteiger partial charge in [-0.15, -0.1) is 0 Å². The first-order valence-corrected chi connectivity index (χ1v) is 11.6. The zero-order valence-corrected chi connectivity index (χ0v) is 22.8. The lowest BCUT2D eigenvalue weighted by Gasteiger charge is -2.13. The Morgan fingerprint density at radius 3 is 1.07 bits per heavy atom. The third-order valence-electron chi connectivity index (χ3n) is 5.93. The summed E-state index contributed by atoms with van der Waals surface area (Å²) in [6, 6.07) is 8.82. The third kappa shape index (κ3) is 6.23. The van der Waals surface area contributed by atoms with Crippen LogP contribution in [0.2, 0.25) is 0 Å². The highest BCUT2D eigenvalue weighted by atomic mass is 16.6.